The fourth-order valence-electron chi connectivity index (χ4n) is 1.00. The van der Waals surface area contributed by atoms with E-state index < -0.39 is 5.91 Å². The number of carbonyl (C=O) groups excluding carboxylic acids is 2. The molecule has 0 aliphatic carbocycles. The number of anilines is 1. The molecule has 0 spiro atoms. The smallest absolute Gasteiger partial charge is 0.269 e. The molecule has 0 radical (unpaired) electrons. The number of nitrogens with zero attached hydrogens (tertiary/aromatic N) is 1. The van der Waals surface area contributed by atoms with Gasteiger partial charge in [-0.1, -0.05) is 0 Å². The van der Waals surface area contributed by atoms with Crippen LogP contribution in [0, 0.1) is 0 Å². The van der Waals surface area contributed by atoms with Gasteiger partial charge in [0.1, 0.15) is 5.69 Å². The second-order valence-electron chi connectivity index (χ2n) is 3.05. The van der Waals surface area contributed by atoms with Crippen LogP contribution in [0.25, 0.3) is 0 Å². The minimum absolute atomic E-state index is 0.105. The second kappa shape index (κ2) is 5.66. The predicted molar refractivity (Wildman–Crippen MR) is 58.2 cm³/mol. The van der Waals surface area contributed by atoms with E-state index in [4.69, 9.17) is 11.6 Å². The Bertz CT molecular complexity index is 376. The van der Waals surface area contributed by atoms with Crippen molar-refractivity contribution in [1.29, 1.82) is 0 Å². The van der Waals surface area contributed by atoms with Crippen molar-refractivity contribution < 1.29 is 9.59 Å². The van der Waals surface area contributed by atoms with Crippen LogP contribution in [-0.4, -0.2) is 23.3 Å². The molecule has 6 N–H and O–H groups in total. The van der Waals surface area contributed by atoms with Gasteiger partial charge >= 0.3 is 0 Å². The molecule has 86 valence electrons. The Hall–Kier alpha value is -2.15. The number of primary amides is 1. The third kappa shape index (κ3) is 3.54. The van der Waals surface area contributed by atoms with E-state index in [-0.39, 0.29) is 24.6 Å². The molecule has 0 unspecified atom stereocenters. The zero-order valence-electron chi connectivity index (χ0n) is 8.56. The van der Waals surface area contributed by atoms with Crippen molar-refractivity contribution in [3.63, 3.8) is 0 Å². The fourth-order valence-corrected chi connectivity index (χ4v) is 1.00. The summed E-state index contributed by atoms with van der Waals surface area (Å²) in [6.45, 7) is 0.201. The normalized spacial score (nSPS) is 9.56. The van der Waals surface area contributed by atoms with Gasteiger partial charge in [0.05, 0.1) is 11.9 Å². The van der Waals surface area contributed by atoms with Crippen LogP contribution >= 0.6 is 0 Å². The first-order valence-corrected chi connectivity index (χ1v) is 4.62. The maximum absolute atomic E-state index is 11.4. The molecule has 0 fully saturated rings. The van der Waals surface area contributed by atoms with Gasteiger partial charge in [0.15, 0.2) is 0 Å². The summed E-state index contributed by atoms with van der Waals surface area (Å²) in [5.41, 5.74) is 8.18. The lowest BCUT2D eigenvalue weighted by Crippen LogP contribution is -2.28. The number of carbonyl (C=O) groups is 2. The number of hydrogen-bond donors (Lipinski definition) is 4. The summed E-state index contributed by atoms with van der Waals surface area (Å²) < 4.78 is 0. The van der Waals surface area contributed by atoms with E-state index in [0.29, 0.717) is 5.69 Å². The SMILES string of the molecule is NNc1ccc(C(=O)NCCC(N)=O)nc1. The number of nitrogen functional groups attached to an aromatic ring is 1. The molecule has 7 nitrogen and oxygen atoms in total. The molecule has 0 saturated heterocycles. The molecular weight excluding hydrogens is 210 g/mol. The molecule has 0 atom stereocenters. The quantitative estimate of drug-likeness (QED) is 0.375. The van der Waals surface area contributed by atoms with Crippen LogP contribution in [0.15, 0.2) is 18.3 Å². The zero-order chi connectivity index (χ0) is 12.0. The lowest BCUT2D eigenvalue weighted by molar-refractivity contribution is -0.117. The zero-order valence-corrected chi connectivity index (χ0v) is 8.56. The molecule has 0 aromatic carbocycles. The van der Waals surface area contributed by atoms with Gasteiger partial charge in [0.2, 0.25) is 5.91 Å². The average Bonchev–Trinajstić information content (AvgIpc) is 2.28. The van der Waals surface area contributed by atoms with E-state index in [1.807, 2.05) is 0 Å². The largest absolute Gasteiger partial charge is 0.370 e. The fraction of sp³-hybridized carbons (Fsp3) is 0.222. The van der Waals surface area contributed by atoms with Crippen LogP contribution in [0.5, 0.6) is 0 Å². The molecule has 7 heteroatoms. The molecule has 1 aromatic rings. The third-order valence-corrected chi connectivity index (χ3v) is 1.82. The molecule has 1 aromatic heterocycles. The van der Waals surface area contributed by atoms with Crippen molar-refractivity contribution in [2.24, 2.45) is 11.6 Å². The van der Waals surface area contributed by atoms with Crippen LogP contribution in [0.2, 0.25) is 0 Å². The minimum atomic E-state index is -0.462. The summed E-state index contributed by atoms with van der Waals surface area (Å²) in [5.74, 6) is 4.33. The number of rotatable bonds is 5. The van der Waals surface area contributed by atoms with Crippen LogP contribution in [0.1, 0.15) is 16.9 Å². The Kier molecular flexibility index (Phi) is 4.22. The maximum Gasteiger partial charge on any atom is 0.269 e. The number of pyridine rings is 1. The van der Waals surface area contributed by atoms with Gasteiger partial charge in [-0.05, 0) is 12.1 Å². The van der Waals surface area contributed by atoms with Crippen molar-refractivity contribution in [1.82, 2.24) is 10.3 Å². The van der Waals surface area contributed by atoms with E-state index in [0.717, 1.165) is 0 Å². The number of hydrazine groups is 1. The van der Waals surface area contributed by atoms with E-state index in [1.54, 1.807) is 6.07 Å². The first kappa shape index (κ1) is 11.9. The maximum atomic E-state index is 11.4. The van der Waals surface area contributed by atoms with Gasteiger partial charge in [-0.25, -0.2) is 4.98 Å². The minimum Gasteiger partial charge on any atom is -0.370 e. The Morgan fingerprint density at radius 2 is 2.12 bits per heavy atom. The molecule has 1 rings (SSSR count). The summed E-state index contributed by atoms with van der Waals surface area (Å²) >= 11 is 0. The van der Waals surface area contributed by atoms with Gasteiger partial charge in [0.25, 0.3) is 5.91 Å². The molecule has 1 heterocycles. The van der Waals surface area contributed by atoms with Gasteiger partial charge in [-0.2, -0.15) is 0 Å². The van der Waals surface area contributed by atoms with Crippen molar-refractivity contribution in [2.75, 3.05) is 12.0 Å². The Balaban J connectivity index is 2.49. The number of nitrogens with two attached hydrogens (primary N) is 2. The molecule has 0 bridgehead atoms. The Morgan fingerprint density at radius 1 is 1.38 bits per heavy atom. The van der Waals surface area contributed by atoms with E-state index >= 15 is 0 Å². The van der Waals surface area contributed by atoms with Crippen molar-refractivity contribution in [3.05, 3.63) is 24.0 Å². The van der Waals surface area contributed by atoms with Crippen LogP contribution < -0.4 is 22.3 Å². The predicted octanol–water partition coefficient (Wildman–Crippen LogP) is -1.03. The molecule has 0 saturated carbocycles. The van der Waals surface area contributed by atoms with Gasteiger partial charge < -0.3 is 16.5 Å². The van der Waals surface area contributed by atoms with E-state index in [1.165, 1.54) is 12.3 Å². The van der Waals surface area contributed by atoms with Gasteiger partial charge in [-0.15, -0.1) is 0 Å². The highest BCUT2D eigenvalue weighted by atomic mass is 16.2. The first-order valence-electron chi connectivity index (χ1n) is 4.62. The second-order valence-corrected chi connectivity index (χ2v) is 3.05. The highest BCUT2D eigenvalue weighted by molar-refractivity contribution is 5.92. The van der Waals surface area contributed by atoms with Crippen LogP contribution in [0.4, 0.5) is 5.69 Å². The van der Waals surface area contributed by atoms with E-state index in [2.05, 4.69) is 15.7 Å². The molecular formula is C9H13N5O2. The number of nitrogens with one attached hydrogen (secondary N) is 2. The van der Waals surface area contributed by atoms with Crippen LogP contribution in [0.3, 0.4) is 0 Å². The Morgan fingerprint density at radius 3 is 2.62 bits per heavy atom. The highest BCUT2D eigenvalue weighted by Gasteiger charge is 2.06. The van der Waals surface area contributed by atoms with Crippen LogP contribution in [-0.2, 0) is 4.79 Å². The average molecular weight is 223 g/mol. The van der Waals surface area contributed by atoms with Crippen molar-refractivity contribution in [2.45, 2.75) is 6.42 Å². The molecule has 0 aliphatic heterocycles. The number of amides is 2. The van der Waals surface area contributed by atoms with Crippen molar-refractivity contribution >= 4 is 17.5 Å². The summed E-state index contributed by atoms with van der Waals surface area (Å²) in [7, 11) is 0. The molecule has 16 heavy (non-hydrogen) atoms. The summed E-state index contributed by atoms with van der Waals surface area (Å²) in [6.07, 6.45) is 1.54. The molecule has 0 aliphatic rings. The lowest BCUT2D eigenvalue weighted by atomic mass is 10.3. The monoisotopic (exact) mass is 223 g/mol. The summed E-state index contributed by atoms with van der Waals surface area (Å²) in [5, 5.41) is 2.51. The van der Waals surface area contributed by atoms with Gasteiger partial charge in [-0.3, -0.25) is 15.4 Å². The Labute approximate surface area is 92.2 Å². The molecule has 2 amide bonds. The summed E-state index contributed by atoms with van der Waals surface area (Å²) in [4.78, 5) is 25.8. The van der Waals surface area contributed by atoms with E-state index in [9.17, 15) is 9.59 Å². The number of aromatic nitrogens is 1. The van der Waals surface area contributed by atoms with Crippen molar-refractivity contribution in [3.8, 4) is 0 Å². The highest BCUT2D eigenvalue weighted by Crippen LogP contribution is 2.03. The lowest BCUT2D eigenvalue weighted by Gasteiger charge is -2.04. The third-order valence-electron chi connectivity index (χ3n) is 1.82. The standard InChI is InChI=1S/C9H13N5O2/c10-8(15)3-4-12-9(16)7-2-1-6(14-11)5-13-7/h1-2,5,14H,3-4,11H2,(H2,10,15)(H,12,16). The summed E-state index contributed by atoms with van der Waals surface area (Å²) in [6, 6.07) is 3.14. The topological polar surface area (TPSA) is 123 Å². The van der Waals surface area contributed by atoms with Gasteiger partial charge in [0, 0.05) is 13.0 Å². The number of hydrogen-bond acceptors (Lipinski definition) is 5. The first-order chi connectivity index (χ1) is 7.63.